The van der Waals surface area contributed by atoms with Crippen LogP contribution in [0.5, 0.6) is 5.75 Å². The Kier molecular flexibility index (Phi) is 3.97. The summed E-state index contributed by atoms with van der Waals surface area (Å²) in [7, 11) is 0. The van der Waals surface area contributed by atoms with Gasteiger partial charge in [0.05, 0.1) is 17.3 Å². The van der Waals surface area contributed by atoms with E-state index in [0.29, 0.717) is 28.8 Å². The van der Waals surface area contributed by atoms with Crippen molar-refractivity contribution in [3.8, 4) is 17.0 Å². The number of rotatable bonds is 3. The average molecular weight is 366 g/mol. The minimum absolute atomic E-state index is 0.0383. The van der Waals surface area contributed by atoms with Gasteiger partial charge in [-0.25, -0.2) is 9.97 Å². The van der Waals surface area contributed by atoms with Crippen molar-refractivity contribution >= 4 is 28.9 Å². The van der Waals surface area contributed by atoms with E-state index in [-0.39, 0.29) is 11.6 Å². The van der Waals surface area contributed by atoms with Gasteiger partial charge in [-0.2, -0.15) is 0 Å². The molecular weight excluding hydrogens is 350 g/mol. The van der Waals surface area contributed by atoms with Crippen LogP contribution in [0.3, 0.4) is 0 Å². The molecule has 0 amide bonds. The molecule has 0 spiro atoms. The van der Waals surface area contributed by atoms with Crippen LogP contribution in [0, 0.1) is 6.92 Å². The SMILES string of the molecule is Cc1ccc(-c2ncnc(Nc3ccc4c(c3Cl)CN=C4N)c2O)cc1. The van der Waals surface area contributed by atoms with E-state index < -0.39 is 0 Å². The summed E-state index contributed by atoms with van der Waals surface area (Å²) >= 11 is 6.48. The predicted octanol–water partition coefficient (Wildman–Crippen LogP) is 3.77. The Morgan fingerprint density at radius 1 is 1.12 bits per heavy atom. The van der Waals surface area contributed by atoms with Crippen molar-refractivity contribution in [3.63, 3.8) is 0 Å². The van der Waals surface area contributed by atoms with Gasteiger partial charge in [-0.3, -0.25) is 4.99 Å². The van der Waals surface area contributed by atoms with Crippen molar-refractivity contribution in [2.75, 3.05) is 5.32 Å². The first-order valence-electron chi connectivity index (χ1n) is 8.04. The minimum atomic E-state index is -0.0383. The van der Waals surface area contributed by atoms with Crippen LogP contribution in [0.4, 0.5) is 11.5 Å². The van der Waals surface area contributed by atoms with Gasteiger partial charge < -0.3 is 16.2 Å². The van der Waals surface area contributed by atoms with Crippen LogP contribution in [-0.2, 0) is 6.54 Å². The second kappa shape index (κ2) is 6.31. The number of amidine groups is 1. The number of nitrogens with zero attached hydrogens (tertiary/aromatic N) is 3. The molecule has 4 rings (SSSR count). The van der Waals surface area contributed by atoms with Crippen LogP contribution >= 0.6 is 11.6 Å². The Labute approximate surface area is 155 Å². The normalized spacial score (nSPS) is 12.6. The van der Waals surface area contributed by atoms with Gasteiger partial charge in [-0.15, -0.1) is 0 Å². The lowest BCUT2D eigenvalue weighted by molar-refractivity contribution is 0.475. The Morgan fingerprint density at radius 2 is 1.88 bits per heavy atom. The number of nitrogens with two attached hydrogens (primary N) is 1. The van der Waals surface area contributed by atoms with E-state index in [1.807, 2.05) is 37.3 Å². The van der Waals surface area contributed by atoms with Gasteiger partial charge in [0, 0.05) is 16.7 Å². The minimum Gasteiger partial charge on any atom is -0.503 e. The molecule has 0 bridgehead atoms. The molecule has 0 unspecified atom stereocenters. The number of aliphatic imine (C=N–C) groups is 1. The zero-order valence-electron chi connectivity index (χ0n) is 14.0. The highest BCUT2D eigenvalue weighted by Crippen LogP contribution is 2.37. The first kappa shape index (κ1) is 16.4. The van der Waals surface area contributed by atoms with E-state index in [1.165, 1.54) is 6.33 Å². The number of hydrogen-bond acceptors (Lipinski definition) is 6. The second-order valence-corrected chi connectivity index (χ2v) is 6.44. The fourth-order valence-corrected chi connectivity index (χ4v) is 3.15. The van der Waals surface area contributed by atoms with Crippen molar-refractivity contribution in [2.24, 2.45) is 10.7 Å². The second-order valence-electron chi connectivity index (χ2n) is 6.07. The van der Waals surface area contributed by atoms with E-state index >= 15 is 0 Å². The molecular formula is C19H16ClN5O. The third-order valence-corrected chi connectivity index (χ3v) is 4.76. The van der Waals surface area contributed by atoms with Crippen LogP contribution in [0.15, 0.2) is 47.7 Å². The molecule has 2 aromatic carbocycles. The largest absolute Gasteiger partial charge is 0.503 e. The predicted molar refractivity (Wildman–Crippen MR) is 103 cm³/mol. The Balaban J connectivity index is 1.70. The molecule has 1 aromatic heterocycles. The Morgan fingerprint density at radius 3 is 2.65 bits per heavy atom. The van der Waals surface area contributed by atoms with Crippen LogP contribution in [0.1, 0.15) is 16.7 Å². The topological polar surface area (TPSA) is 96.4 Å². The number of benzene rings is 2. The molecule has 6 nitrogen and oxygen atoms in total. The summed E-state index contributed by atoms with van der Waals surface area (Å²) in [5, 5.41) is 14.2. The van der Waals surface area contributed by atoms with Crippen molar-refractivity contribution < 1.29 is 5.11 Å². The quantitative estimate of drug-likeness (QED) is 0.656. The van der Waals surface area contributed by atoms with E-state index in [1.54, 1.807) is 6.07 Å². The van der Waals surface area contributed by atoms with Crippen LogP contribution < -0.4 is 11.1 Å². The molecule has 0 atom stereocenters. The third kappa shape index (κ3) is 2.74. The number of halogens is 1. The number of anilines is 2. The summed E-state index contributed by atoms with van der Waals surface area (Å²) in [4.78, 5) is 12.5. The molecule has 1 aliphatic heterocycles. The summed E-state index contributed by atoms with van der Waals surface area (Å²) in [6.45, 7) is 2.45. The van der Waals surface area contributed by atoms with Crippen molar-refractivity contribution in [1.82, 2.24) is 9.97 Å². The monoisotopic (exact) mass is 365 g/mol. The summed E-state index contributed by atoms with van der Waals surface area (Å²) in [6, 6.07) is 11.4. The Bertz CT molecular complexity index is 1030. The first-order valence-corrected chi connectivity index (χ1v) is 8.42. The maximum absolute atomic E-state index is 10.6. The van der Waals surface area contributed by atoms with Gasteiger partial charge >= 0.3 is 0 Å². The zero-order chi connectivity index (χ0) is 18.3. The molecule has 0 radical (unpaired) electrons. The van der Waals surface area contributed by atoms with Gasteiger partial charge in [0.15, 0.2) is 11.6 Å². The van der Waals surface area contributed by atoms with Gasteiger partial charge in [0.25, 0.3) is 0 Å². The van der Waals surface area contributed by atoms with Gasteiger partial charge in [0.2, 0.25) is 0 Å². The number of aromatic hydroxyl groups is 1. The molecule has 0 saturated carbocycles. The van der Waals surface area contributed by atoms with Crippen LogP contribution in [0.25, 0.3) is 11.3 Å². The number of aromatic nitrogens is 2. The highest BCUT2D eigenvalue weighted by molar-refractivity contribution is 6.35. The zero-order valence-corrected chi connectivity index (χ0v) is 14.7. The number of nitrogens with one attached hydrogen (secondary N) is 1. The van der Waals surface area contributed by atoms with E-state index in [9.17, 15) is 5.11 Å². The Hall–Kier alpha value is -3.12. The van der Waals surface area contributed by atoms with Gasteiger partial charge in [0.1, 0.15) is 17.9 Å². The van der Waals surface area contributed by atoms with Crippen molar-refractivity contribution in [3.05, 3.63) is 64.4 Å². The van der Waals surface area contributed by atoms with E-state index in [0.717, 1.165) is 22.3 Å². The fourth-order valence-electron chi connectivity index (χ4n) is 2.88. The standard InChI is InChI=1S/C19H16ClN5O/c1-10-2-4-11(5-3-10)16-17(26)19(24-9-23-16)25-14-7-6-12-13(15(14)20)8-22-18(12)21/h2-7,9,26H,8H2,1H3,(H2,21,22)(H,23,24,25). The van der Waals surface area contributed by atoms with Crippen molar-refractivity contribution in [1.29, 1.82) is 0 Å². The fraction of sp³-hybridized carbons (Fsp3) is 0.105. The maximum atomic E-state index is 10.6. The van der Waals surface area contributed by atoms with Crippen molar-refractivity contribution in [2.45, 2.75) is 13.5 Å². The number of fused-ring (bicyclic) bond motifs is 1. The molecule has 4 N–H and O–H groups in total. The summed E-state index contributed by atoms with van der Waals surface area (Å²) in [5.74, 6) is 0.730. The van der Waals surface area contributed by atoms with Gasteiger partial charge in [-0.05, 0) is 19.1 Å². The number of aryl methyl sites for hydroxylation is 1. The first-order chi connectivity index (χ1) is 12.5. The number of hydrogen-bond donors (Lipinski definition) is 3. The smallest absolute Gasteiger partial charge is 0.185 e. The summed E-state index contributed by atoms with van der Waals surface area (Å²) < 4.78 is 0. The molecule has 130 valence electrons. The summed E-state index contributed by atoms with van der Waals surface area (Å²) in [6.07, 6.45) is 1.40. The van der Waals surface area contributed by atoms with Gasteiger partial charge in [-0.1, -0.05) is 41.4 Å². The highest BCUT2D eigenvalue weighted by atomic mass is 35.5. The maximum Gasteiger partial charge on any atom is 0.185 e. The third-order valence-electron chi connectivity index (χ3n) is 4.33. The lowest BCUT2D eigenvalue weighted by Crippen LogP contribution is -2.10. The average Bonchev–Trinajstić information content (AvgIpc) is 3.02. The molecule has 0 saturated heterocycles. The van der Waals surface area contributed by atoms with E-state index in [2.05, 4.69) is 20.3 Å². The summed E-state index contributed by atoms with van der Waals surface area (Å²) in [5.41, 5.74) is 10.6. The lowest BCUT2D eigenvalue weighted by atomic mass is 10.1. The molecule has 7 heteroatoms. The lowest BCUT2D eigenvalue weighted by Gasteiger charge is -2.13. The molecule has 3 aromatic rings. The molecule has 1 aliphatic rings. The van der Waals surface area contributed by atoms with E-state index in [4.69, 9.17) is 17.3 Å². The molecule has 26 heavy (non-hydrogen) atoms. The highest BCUT2D eigenvalue weighted by Gasteiger charge is 2.20. The van der Waals surface area contributed by atoms with Crippen LogP contribution in [-0.4, -0.2) is 20.9 Å². The molecule has 0 aliphatic carbocycles. The molecule has 0 fully saturated rings. The van der Waals surface area contributed by atoms with Crippen LogP contribution in [0.2, 0.25) is 5.02 Å². The molecule has 2 heterocycles.